The molecule has 0 amide bonds. The molecule has 6 nitrogen and oxygen atoms in total. The number of unbranched alkanes of at least 4 members (excludes halogenated alkanes) is 2. The molecular weight excluding hydrogens is 318 g/mol. The first-order chi connectivity index (χ1) is 12.3. The van der Waals surface area contributed by atoms with Gasteiger partial charge in [-0.2, -0.15) is 5.10 Å². The van der Waals surface area contributed by atoms with Gasteiger partial charge in [-0.3, -0.25) is 4.79 Å². The number of esters is 1. The molecule has 0 atom stereocenters. The van der Waals surface area contributed by atoms with Crippen molar-refractivity contribution in [2.24, 2.45) is 5.16 Å². The SMILES string of the molecule is CCOC(=O)CCCCCO/N=C(\c1ccccc1)c1cccnn1. The highest BCUT2D eigenvalue weighted by atomic mass is 16.6. The summed E-state index contributed by atoms with van der Waals surface area (Å²) < 4.78 is 4.89. The summed E-state index contributed by atoms with van der Waals surface area (Å²) in [5, 5.41) is 12.3. The van der Waals surface area contributed by atoms with Crippen molar-refractivity contribution >= 4 is 11.7 Å². The Morgan fingerprint density at radius 3 is 2.64 bits per heavy atom. The van der Waals surface area contributed by atoms with Gasteiger partial charge in [0.15, 0.2) is 0 Å². The first-order valence-corrected chi connectivity index (χ1v) is 8.50. The van der Waals surface area contributed by atoms with Crippen LogP contribution in [-0.2, 0) is 14.4 Å². The van der Waals surface area contributed by atoms with Gasteiger partial charge in [0.2, 0.25) is 0 Å². The Hall–Kier alpha value is -2.76. The van der Waals surface area contributed by atoms with Gasteiger partial charge in [0.25, 0.3) is 0 Å². The van der Waals surface area contributed by atoms with Gasteiger partial charge in [-0.1, -0.05) is 35.5 Å². The third kappa shape index (κ3) is 6.71. The van der Waals surface area contributed by atoms with Gasteiger partial charge < -0.3 is 9.57 Å². The number of nitrogens with zero attached hydrogens (tertiary/aromatic N) is 3. The normalized spacial score (nSPS) is 11.2. The van der Waals surface area contributed by atoms with Crippen LogP contribution in [0.2, 0.25) is 0 Å². The van der Waals surface area contributed by atoms with Crippen LogP contribution in [0.15, 0.2) is 53.8 Å². The molecule has 132 valence electrons. The van der Waals surface area contributed by atoms with Crippen LogP contribution in [0.1, 0.15) is 43.9 Å². The molecule has 0 unspecified atom stereocenters. The molecule has 0 radical (unpaired) electrons. The monoisotopic (exact) mass is 341 g/mol. The summed E-state index contributed by atoms with van der Waals surface area (Å²) in [5.41, 5.74) is 2.24. The quantitative estimate of drug-likeness (QED) is 0.287. The predicted octanol–water partition coefficient (Wildman–Crippen LogP) is 3.37. The number of benzene rings is 1. The van der Waals surface area contributed by atoms with Gasteiger partial charge in [-0.15, -0.1) is 5.10 Å². The summed E-state index contributed by atoms with van der Waals surface area (Å²) in [4.78, 5) is 16.7. The lowest BCUT2D eigenvalue weighted by Gasteiger charge is -2.06. The van der Waals surface area contributed by atoms with Crippen LogP contribution in [-0.4, -0.2) is 35.1 Å². The van der Waals surface area contributed by atoms with Crippen molar-refractivity contribution < 1.29 is 14.4 Å². The highest BCUT2D eigenvalue weighted by Crippen LogP contribution is 2.09. The smallest absolute Gasteiger partial charge is 0.305 e. The van der Waals surface area contributed by atoms with E-state index in [9.17, 15) is 4.79 Å². The highest BCUT2D eigenvalue weighted by Gasteiger charge is 2.09. The number of oxime groups is 1. The van der Waals surface area contributed by atoms with E-state index in [-0.39, 0.29) is 5.97 Å². The minimum Gasteiger partial charge on any atom is -0.466 e. The molecule has 0 saturated heterocycles. The summed E-state index contributed by atoms with van der Waals surface area (Å²) in [6.07, 6.45) is 4.58. The van der Waals surface area contributed by atoms with E-state index in [0.29, 0.717) is 31.0 Å². The Balaban J connectivity index is 1.84. The average molecular weight is 341 g/mol. The van der Waals surface area contributed by atoms with E-state index in [1.54, 1.807) is 6.20 Å². The number of ether oxygens (including phenoxy) is 1. The fraction of sp³-hybridized carbons (Fsp3) is 0.368. The van der Waals surface area contributed by atoms with Gasteiger partial charge in [0.1, 0.15) is 18.0 Å². The minimum absolute atomic E-state index is 0.143. The molecule has 0 N–H and O–H groups in total. The predicted molar refractivity (Wildman–Crippen MR) is 95.2 cm³/mol. The zero-order valence-electron chi connectivity index (χ0n) is 14.4. The van der Waals surface area contributed by atoms with Crippen LogP contribution >= 0.6 is 0 Å². The van der Waals surface area contributed by atoms with Gasteiger partial charge in [-0.05, 0) is 38.3 Å². The van der Waals surface area contributed by atoms with Gasteiger partial charge in [-0.25, -0.2) is 0 Å². The maximum absolute atomic E-state index is 11.2. The molecule has 0 fully saturated rings. The molecule has 0 aliphatic rings. The molecule has 0 saturated carbocycles. The van der Waals surface area contributed by atoms with Crippen LogP contribution in [0.3, 0.4) is 0 Å². The number of hydrogen-bond acceptors (Lipinski definition) is 6. The summed E-state index contributed by atoms with van der Waals surface area (Å²) in [7, 11) is 0. The maximum Gasteiger partial charge on any atom is 0.305 e. The zero-order valence-corrected chi connectivity index (χ0v) is 14.4. The van der Waals surface area contributed by atoms with Crippen LogP contribution < -0.4 is 0 Å². The molecule has 2 aromatic rings. The first kappa shape index (κ1) is 18.6. The van der Waals surface area contributed by atoms with E-state index in [4.69, 9.17) is 9.57 Å². The Morgan fingerprint density at radius 1 is 1.08 bits per heavy atom. The molecule has 1 heterocycles. The Kier molecular flexibility index (Phi) is 8.11. The van der Waals surface area contributed by atoms with E-state index in [1.165, 1.54) is 0 Å². The second-order valence-electron chi connectivity index (χ2n) is 5.36. The Bertz CT molecular complexity index is 619. The second kappa shape index (κ2) is 10.9. The average Bonchev–Trinajstić information content (AvgIpc) is 2.65. The molecule has 1 aromatic carbocycles. The van der Waals surface area contributed by atoms with E-state index >= 15 is 0 Å². The lowest BCUT2D eigenvalue weighted by molar-refractivity contribution is -0.143. The minimum atomic E-state index is -0.143. The summed E-state index contributed by atoms with van der Waals surface area (Å²) >= 11 is 0. The lowest BCUT2D eigenvalue weighted by Crippen LogP contribution is -2.08. The zero-order chi connectivity index (χ0) is 17.7. The van der Waals surface area contributed by atoms with Crippen molar-refractivity contribution in [3.63, 3.8) is 0 Å². The van der Waals surface area contributed by atoms with E-state index in [0.717, 1.165) is 24.8 Å². The second-order valence-corrected chi connectivity index (χ2v) is 5.36. The number of aromatic nitrogens is 2. The van der Waals surface area contributed by atoms with Crippen molar-refractivity contribution in [3.05, 3.63) is 59.9 Å². The maximum atomic E-state index is 11.2. The fourth-order valence-electron chi connectivity index (χ4n) is 2.23. The Labute approximate surface area is 147 Å². The van der Waals surface area contributed by atoms with Crippen LogP contribution in [0.25, 0.3) is 0 Å². The van der Waals surface area contributed by atoms with Gasteiger partial charge in [0.05, 0.1) is 6.61 Å². The number of carbonyl (C=O) groups is 1. The van der Waals surface area contributed by atoms with Crippen molar-refractivity contribution in [2.75, 3.05) is 13.2 Å². The van der Waals surface area contributed by atoms with Crippen molar-refractivity contribution in [1.82, 2.24) is 10.2 Å². The number of hydrogen-bond donors (Lipinski definition) is 0. The molecule has 0 aliphatic carbocycles. The molecule has 25 heavy (non-hydrogen) atoms. The molecule has 1 aromatic heterocycles. The topological polar surface area (TPSA) is 73.7 Å². The lowest BCUT2D eigenvalue weighted by atomic mass is 10.1. The van der Waals surface area contributed by atoms with Gasteiger partial charge in [0, 0.05) is 18.2 Å². The van der Waals surface area contributed by atoms with E-state index < -0.39 is 0 Å². The fourth-order valence-corrected chi connectivity index (χ4v) is 2.23. The van der Waals surface area contributed by atoms with Crippen molar-refractivity contribution in [3.8, 4) is 0 Å². The molecule has 6 heteroatoms. The Morgan fingerprint density at radius 2 is 1.92 bits per heavy atom. The highest BCUT2D eigenvalue weighted by molar-refractivity contribution is 6.11. The van der Waals surface area contributed by atoms with Crippen LogP contribution in [0.5, 0.6) is 0 Å². The first-order valence-electron chi connectivity index (χ1n) is 8.50. The summed E-state index contributed by atoms with van der Waals surface area (Å²) in [6.45, 7) is 2.73. The largest absolute Gasteiger partial charge is 0.466 e. The van der Waals surface area contributed by atoms with E-state index in [2.05, 4.69) is 15.4 Å². The summed E-state index contributed by atoms with van der Waals surface area (Å²) in [5.74, 6) is -0.143. The number of rotatable bonds is 10. The third-order valence-electron chi connectivity index (χ3n) is 3.44. The molecule has 0 bridgehead atoms. The standard InChI is InChI=1S/C19H23N3O3/c1-2-24-18(23)13-7-4-8-15-25-22-19(16-10-5-3-6-11-16)17-12-9-14-20-21-17/h3,5-6,9-12,14H,2,4,7-8,13,15H2,1H3/b22-19+. The van der Waals surface area contributed by atoms with Crippen LogP contribution in [0.4, 0.5) is 0 Å². The van der Waals surface area contributed by atoms with Gasteiger partial charge >= 0.3 is 5.97 Å². The van der Waals surface area contributed by atoms with Crippen LogP contribution in [0, 0.1) is 0 Å². The molecule has 2 rings (SSSR count). The van der Waals surface area contributed by atoms with Crippen molar-refractivity contribution in [1.29, 1.82) is 0 Å². The molecular formula is C19H23N3O3. The molecule has 0 aliphatic heterocycles. The van der Waals surface area contributed by atoms with Crippen molar-refractivity contribution in [2.45, 2.75) is 32.6 Å². The summed E-state index contributed by atoms with van der Waals surface area (Å²) in [6, 6.07) is 13.4. The number of carbonyl (C=O) groups excluding carboxylic acids is 1. The molecule has 0 spiro atoms. The van der Waals surface area contributed by atoms with E-state index in [1.807, 2.05) is 49.4 Å². The third-order valence-corrected chi connectivity index (χ3v) is 3.44.